The van der Waals surface area contributed by atoms with Gasteiger partial charge in [-0.3, -0.25) is 15.0 Å². The SMILES string of the molecule is CCN1C(=O)[C@@H](CNc2ccc(CCN3CCCC3)cc2)S/C1=C(/N)C(=O)NN. The minimum Gasteiger partial charge on any atom is -0.392 e. The number of hydrogen-bond donors (Lipinski definition) is 4. The van der Waals surface area contributed by atoms with Crippen molar-refractivity contribution in [3.63, 3.8) is 0 Å². The number of thioether (sulfide) groups is 1. The third kappa shape index (κ3) is 5.23. The molecule has 2 heterocycles. The topological polar surface area (TPSA) is 117 Å². The minimum absolute atomic E-state index is 0.0300. The van der Waals surface area contributed by atoms with Gasteiger partial charge in [-0.1, -0.05) is 23.9 Å². The summed E-state index contributed by atoms with van der Waals surface area (Å²) in [5.41, 5.74) is 10.1. The maximum atomic E-state index is 12.7. The molecule has 0 bridgehead atoms. The average Bonchev–Trinajstić information content (AvgIpc) is 3.38. The summed E-state index contributed by atoms with van der Waals surface area (Å²) in [7, 11) is 0. The molecule has 2 aliphatic rings. The summed E-state index contributed by atoms with van der Waals surface area (Å²) in [6, 6.07) is 8.37. The normalized spacial score (nSPS) is 21.5. The van der Waals surface area contributed by atoms with E-state index in [0.717, 1.165) is 18.7 Å². The van der Waals surface area contributed by atoms with E-state index in [1.54, 1.807) is 0 Å². The Balaban J connectivity index is 1.55. The van der Waals surface area contributed by atoms with Crippen molar-refractivity contribution in [3.05, 3.63) is 40.6 Å². The number of nitrogens with two attached hydrogens (primary N) is 2. The minimum atomic E-state index is -0.586. The molecule has 9 heteroatoms. The van der Waals surface area contributed by atoms with Crippen molar-refractivity contribution in [3.8, 4) is 0 Å². The molecule has 0 aromatic heterocycles. The van der Waals surface area contributed by atoms with Crippen LogP contribution in [-0.2, 0) is 16.0 Å². The van der Waals surface area contributed by atoms with E-state index < -0.39 is 5.91 Å². The molecular formula is C20H30N6O2S. The third-order valence-corrected chi connectivity index (χ3v) is 6.64. The van der Waals surface area contributed by atoms with Gasteiger partial charge in [0.15, 0.2) is 0 Å². The van der Waals surface area contributed by atoms with Crippen LogP contribution in [0.4, 0.5) is 5.69 Å². The van der Waals surface area contributed by atoms with E-state index >= 15 is 0 Å². The largest absolute Gasteiger partial charge is 0.392 e. The van der Waals surface area contributed by atoms with E-state index in [1.165, 1.54) is 48.2 Å². The average molecular weight is 419 g/mol. The summed E-state index contributed by atoms with van der Waals surface area (Å²) in [5, 5.41) is 3.44. The Bertz CT molecular complexity index is 761. The van der Waals surface area contributed by atoms with Crippen LogP contribution in [0.25, 0.3) is 0 Å². The standard InChI is InChI=1S/C20H30N6O2S/c1-2-26-19(28)16(29-20(26)17(21)18(27)24-22)13-23-15-7-5-14(6-8-15)9-12-25-10-3-4-11-25/h5-8,16,23H,2-4,9-13,21-22H2,1H3,(H,24,27)/b20-17+/t16-/m1/s1. The van der Waals surface area contributed by atoms with Crippen LogP contribution in [-0.4, -0.2) is 59.6 Å². The molecule has 158 valence electrons. The van der Waals surface area contributed by atoms with Crippen LogP contribution in [0.2, 0.25) is 0 Å². The molecule has 2 fully saturated rings. The molecule has 1 aromatic carbocycles. The van der Waals surface area contributed by atoms with Crippen molar-refractivity contribution in [1.82, 2.24) is 15.2 Å². The molecule has 0 radical (unpaired) electrons. The molecule has 2 saturated heterocycles. The molecule has 2 aliphatic heterocycles. The number of carbonyl (C=O) groups is 2. The van der Waals surface area contributed by atoms with Gasteiger partial charge in [0.25, 0.3) is 5.91 Å². The molecule has 8 nitrogen and oxygen atoms in total. The van der Waals surface area contributed by atoms with Gasteiger partial charge in [0.2, 0.25) is 5.91 Å². The molecule has 0 aliphatic carbocycles. The van der Waals surface area contributed by atoms with Gasteiger partial charge in [0.05, 0.1) is 0 Å². The van der Waals surface area contributed by atoms with Gasteiger partial charge in [0, 0.05) is 25.3 Å². The highest BCUT2D eigenvalue weighted by molar-refractivity contribution is 8.04. The quantitative estimate of drug-likeness (QED) is 0.214. The molecule has 0 saturated carbocycles. The number of hydrogen-bond acceptors (Lipinski definition) is 7. The zero-order valence-corrected chi connectivity index (χ0v) is 17.6. The number of anilines is 1. The number of carbonyl (C=O) groups excluding carboxylic acids is 2. The number of hydrazine groups is 1. The third-order valence-electron chi connectivity index (χ3n) is 5.32. The Morgan fingerprint density at radius 3 is 2.55 bits per heavy atom. The second-order valence-electron chi connectivity index (χ2n) is 7.26. The smallest absolute Gasteiger partial charge is 0.283 e. The van der Waals surface area contributed by atoms with Crippen LogP contribution in [0.1, 0.15) is 25.3 Å². The van der Waals surface area contributed by atoms with E-state index in [9.17, 15) is 9.59 Å². The lowest BCUT2D eigenvalue weighted by Gasteiger charge is -2.16. The summed E-state index contributed by atoms with van der Waals surface area (Å²) in [4.78, 5) is 28.4. The number of amides is 2. The molecule has 1 atom stereocenters. The molecule has 2 amide bonds. The number of likely N-dealkylation sites (tertiary alicyclic amines) is 1. The second-order valence-corrected chi connectivity index (χ2v) is 8.45. The van der Waals surface area contributed by atoms with E-state index in [2.05, 4.69) is 22.3 Å². The fourth-order valence-corrected chi connectivity index (χ4v) is 4.86. The predicted octanol–water partition coefficient (Wildman–Crippen LogP) is 0.818. The fraction of sp³-hybridized carbons (Fsp3) is 0.500. The zero-order valence-electron chi connectivity index (χ0n) is 16.8. The molecule has 1 aromatic rings. The number of nitrogens with one attached hydrogen (secondary N) is 2. The van der Waals surface area contributed by atoms with E-state index in [1.807, 2.05) is 24.5 Å². The Hall–Kier alpha value is -2.23. The lowest BCUT2D eigenvalue weighted by molar-refractivity contribution is -0.127. The second kappa shape index (κ2) is 10.00. The van der Waals surface area contributed by atoms with Gasteiger partial charge in [-0.2, -0.15) is 0 Å². The van der Waals surface area contributed by atoms with Crippen molar-refractivity contribution in [2.45, 2.75) is 31.4 Å². The lowest BCUT2D eigenvalue weighted by Crippen LogP contribution is -2.37. The van der Waals surface area contributed by atoms with Crippen molar-refractivity contribution >= 4 is 29.3 Å². The first kappa shape index (κ1) is 21.5. The highest BCUT2D eigenvalue weighted by atomic mass is 32.2. The summed E-state index contributed by atoms with van der Waals surface area (Å²) in [6.45, 7) is 6.30. The predicted molar refractivity (Wildman–Crippen MR) is 117 cm³/mol. The lowest BCUT2D eigenvalue weighted by atomic mass is 10.1. The van der Waals surface area contributed by atoms with Gasteiger partial charge in [-0.15, -0.1) is 0 Å². The molecule has 0 spiro atoms. The van der Waals surface area contributed by atoms with Crippen molar-refractivity contribution in [1.29, 1.82) is 0 Å². The van der Waals surface area contributed by atoms with Gasteiger partial charge >= 0.3 is 0 Å². The maximum Gasteiger partial charge on any atom is 0.283 e. The van der Waals surface area contributed by atoms with Crippen LogP contribution in [0.15, 0.2) is 35.0 Å². The van der Waals surface area contributed by atoms with Crippen molar-refractivity contribution in [2.75, 3.05) is 38.0 Å². The van der Waals surface area contributed by atoms with Crippen LogP contribution in [0.3, 0.4) is 0 Å². The number of nitrogens with zero attached hydrogens (tertiary/aromatic N) is 2. The summed E-state index contributed by atoms with van der Waals surface area (Å²) in [5.74, 6) is 4.51. The highest BCUT2D eigenvalue weighted by Crippen LogP contribution is 2.36. The van der Waals surface area contributed by atoms with Gasteiger partial charge in [-0.25, -0.2) is 5.84 Å². The van der Waals surface area contributed by atoms with Gasteiger partial charge < -0.3 is 20.9 Å². The number of benzene rings is 1. The Morgan fingerprint density at radius 1 is 1.24 bits per heavy atom. The first-order valence-electron chi connectivity index (χ1n) is 10.1. The summed E-state index contributed by atoms with van der Waals surface area (Å²) >= 11 is 1.29. The maximum absolute atomic E-state index is 12.7. The van der Waals surface area contributed by atoms with Gasteiger partial charge in [-0.05, 0) is 57.0 Å². The Morgan fingerprint density at radius 2 is 1.93 bits per heavy atom. The Labute approximate surface area is 176 Å². The summed E-state index contributed by atoms with van der Waals surface area (Å²) in [6.07, 6.45) is 3.69. The summed E-state index contributed by atoms with van der Waals surface area (Å²) < 4.78 is 0. The number of rotatable bonds is 8. The van der Waals surface area contributed by atoms with E-state index in [4.69, 9.17) is 11.6 Å². The fourth-order valence-electron chi connectivity index (χ4n) is 3.63. The van der Waals surface area contributed by atoms with Crippen molar-refractivity contribution < 1.29 is 9.59 Å². The molecule has 0 unspecified atom stereocenters. The molecule has 6 N–H and O–H groups in total. The zero-order chi connectivity index (χ0) is 20.8. The highest BCUT2D eigenvalue weighted by Gasteiger charge is 2.38. The molecular weight excluding hydrogens is 388 g/mol. The first-order chi connectivity index (χ1) is 14.0. The van der Waals surface area contributed by atoms with Crippen LogP contribution >= 0.6 is 11.8 Å². The molecule has 3 rings (SSSR count). The Kier molecular flexibility index (Phi) is 7.40. The van der Waals surface area contributed by atoms with Crippen LogP contribution < -0.4 is 22.3 Å². The van der Waals surface area contributed by atoms with E-state index in [-0.39, 0.29) is 16.9 Å². The van der Waals surface area contributed by atoms with Crippen LogP contribution in [0.5, 0.6) is 0 Å². The first-order valence-corrected chi connectivity index (χ1v) is 10.9. The molecule has 29 heavy (non-hydrogen) atoms. The van der Waals surface area contributed by atoms with E-state index in [0.29, 0.717) is 18.1 Å². The van der Waals surface area contributed by atoms with Crippen LogP contribution in [0, 0.1) is 0 Å². The monoisotopic (exact) mass is 418 g/mol. The van der Waals surface area contributed by atoms with Crippen molar-refractivity contribution in [2.24, 2.45) is 11.6 Å². The van der Waals surface area contributed by atoms with Gasteiger partial charge in [0.1, 0.15) is 16.0 Å².